The van der Waals surface area contributed by atoms with Crippen LogP contribution in [0.1, 0.15) is 36.4 Å². The number of rotatable bonds is 4. The van der Waals surface area contributed by atoms with E-state index < -0.39 is 17.4 Å². The second kappa shape index (κ2) is 4.38. The molecule has 1 aromatic rings. The third kappa shape index (κ3) is 2.24. The summed E-state index contributed by atoms with van der Waals surface area (Å²) in [7, 11) is 0. The fourth-order valence-electron chi connectivity index (χ4n) is 1.23. The van der Waals surface area contributed by atoms with E-state index in [9.17, 15) is 9.59 Å². The summed E-state index contributed by atoms with van der Waals surface area (Å²) in [6.07, 6.45) is 1.71. The molecule has 16 heavy (non-hydrogen) atoms. The Morgan fingerprint density at radius 3 is 2.56 bits per heavy atom. The fourth-order valence-corrected chi connectivity index (χ4v) is 1.23. The van der Waals surface area contributed by atoms with Crippen molar-refractivity contribution in [3.8, 4) is 0 Å². The van der Waals surface area contributed by atoms with Crippen LogP contribution in [-0.2, 0) is 4.79 Å². The number of nitrogens with one attached hydrogen (secondary N) is 1. The second-order valence-electron chi connectivity index (χ2n) is 3.84. The van der Waals surface area contributed by atoms with Crippen LogP contribution in [-0.4, -0.2) is 22.5 Å². The number of furan rings is 1. The molecule has 1 atom stereocenters. The Balaban J connectivity index is 2.86. The predicted molar refractivity (Wildman–Crippen MR) is 57.2 cm³/mol. The molecule has 5 heteroatoms. The lowest BCUT2D eigenvalue weighted by molar-refractivity contribution is -0.143. The number of hydrogen-bond donors (Lipinski definition) is 2. The summed E-state index contributed by atoms with van der Waals surface area (Å²) in [4.78, 5) is 22.8. The van der Waals surface area contributed by atoms with Crippen LogP contribution in [0.25, 0.3) is 0 Å². The van der Waals surface area contributed by atoms with Gasteiger partial charge in [0.15, 0.2) is 0 Å². The number of carbonyl (C=O) groups excluding carboxylic acids is 1. The minimum atomic E-state index is -1.25. The van der Waals surface area contributed by atoms with Crippen LogP contribution in [0, 0.1) is 6.92 Å². The van der Waals surface area contributed by atoms with Gasteiger partial charge < -0.3 is 14.8 Å². The van der Waals surface area contributed by atoms with E-state index >= 15 is 0 Å². The van der Waals surface area contributed by atoms with E-state index in [4.69, 9.17) is 9.52 Å². The summed E-state index contributed by atoms with van der Waals surface area (Å²) in [5, 5.41) is 11.5. The summed E-state index contributed by atoms with van der Waals surface area (Å²) in [5.41, 5.74) is -0.887. The molecule has 0 bridgehead atoms. The van der Waals surface area contributed by atoms with Crippen molar-refractivity contribution >= 4 is 11.9 Å². The monoisotopic (exact) mass is 225 g/mol. The Bertz CT molecular complexity index is 410. The molecule has 0 saturated heterocycles. The third-order valence-corrected chi connectivity index (χ3v) is 2.67. The van der Waals surface area contributed by atoms with Crippen molar-refractivity contribution < 1.29 is 19.1 Å². The lowest BCUT2D eigenvalue weighted by Gasteiger charge is -2.24. The zero-order valence-corrected chi connectivity index (χ0v) is 9.53. The first-order valence-corrected chi connectivity index (χ1v) is 5.00. The topological polar surface area (TPSA) is 79.5 Å². The number of aliphatic carboxylic acids is 1. The van der Waals surface area contributed by atoms with Crippen LogP contribution in [0.15, 0.2) is 16.7 Å². The molecule has 2 N–H and O–H groups in total. The van der Waals surface area contributed by atoms with Gasteiger partial charge in [-0.3, -0.25) is 4.79 Å². The van der Waals surface area contributed by atoms with Crippen molar-refractivity contribution in [2.75, 3.05) is 0 Å². The van der Waals surface area contributed by atoms with Crippen LogP contribution in [0.5, 0.6) is 0 Å². The van der Waals surface area contributed by atoms with Crippen molar-refractivity contribution in [2.45, 2.75) is 32.7 Å². The van der Waals surface area contributed by atoms with Gasteiger partial charge in [-0.25, -0.2) is 4.79 Å². The maximum atomic E-state index is 11.8. The first-order valence-electron chi connectivity index (χ1n) is 5.00. The molecule has 1 unspecified atom stereocenters. The van der Waals surface area contributed by atoms with Gasteiger partial charge >= 0.3 is 5.97 Å². The molecular weight excluding hydrogens is 210 g/mol. The molecule has 1 aromatic heterocycles. The second-order valence-corrected chi connectivity index (χ2v) is 3.84. The highest BCUT2D eigenvalue weighted by atomic mass is 16.4. The van der Waals surface area contributed by atoms with E-state index in [1.54, 1.807) is 13.8 Å². The van der Waals surface area contributed by atoms with Crippen LogP contribution < -0.4 is 5.32 Å². The third-order valence-electron chi connectivity index (χ3n) is 2.67. The van der Waals surface area contributed by atoms with Gasteiger partial charge in [-0.1, -0.05) is 6.92 Å². The molecule has 1 heterocycles. The Hall–Kier alpha value is -1.78. The fraction of sp³-hybridized carbons (Fsp3) is 0.455. The molecule has 0 aromatic carbocycles. The van der Waals surface area contributed by atoms with Gasteiger partial charge in [0.25, 0.3) is 5.91 Å². The summed E-state index contributed by atoms with van der Waals surface area (Å²) >= 11 is 0. The van der Waals surface area contributed by atoms with Gasteiger partial charge in [-0.2, -0.15) is 0 Å². The van der Waals surface area contributed by atoms with Crippen molar-refractivity contribution in [1.82, 2.24) is 5.32 Å². The van der Waals surface area contributed by atoms with Crippen LogP contribution in [0.4, 0.5) is 0 Å². The normalized spacial score (nSPS) is 14.2. The highest BCUT2D eigenvalue weighted by molar-refractivity contribution is 5.98. The average Bonchev–Trinajstić information content (AvgIpc) is 2.64. The van der Waals surface area contributed by atoms with Gasteiger partial charge in [0, 0.05) is 0 Å². The number of carboxylic acids is 1. The Morgan fingerprint density at radius 2 is 2.19 bits per heavy atom. The highest BCUT2D eigenvalue weighted by Gasteiger charge is 2.33. The van der Waals surface area contributed by atoms with Crippen molar-refractivity contribution in [3.05, 3.63) is 23.7 Å². The van der Waals surface area contributed by atoms with Crippen LogP contribution in [0.3, 0.4) is 0 Å². The smallest absolute Gasteiger partial charge is 0.329 e. The first kappa shape index (κ1) is 12.3. The average molecular weight is 225 g/mol. The number of carbonyl (C=O) groups is 2. The molecule has 0 fully saturated rings. The molecule has 0 saturated carbocycles. The Kier molecular flexibility index (Phi) is 3.37. The van der Waals surface area contributed by atoms with Gasteiger partial charge in [-0.05, 0) is 26.3 Å². The standard InChI is InChI=1S/C11H15NO4/c1-4-11(3,10(14)15)12-9(13)8-5-6-16-7(8)2/h5-6H,4H2,1-3H3,(H,12,13)(H,14,15). The van der Waals surface area contributed by atoms with Gasteiger partial charge in [0.2, 0.25) is 0 Å². The summed E-state index contributed by atoms with van der Waals surface area (Å²) < 4.78 is 4.99. The summed E-state index contributed by atoms with van der Waals surface area (Å²) in [6, 6.07) is 1.52. The molecule has 1 rings (SSSR count). The number of amides is 1. The molecule has 88 valence electrons. The van der Waals surface area contributed by atoms with E-state index in [0.29, 0.717) is 17.7 Å². The van der Waals surface area contributed by atoms with Crippen molar-refractivity contribution in [2.24, 2.45) is 0 Å². The largest absolute Gasteiger partial charge is 0.480 e. The minimum Gasteiger partial charge on any atom is -0.480 e. The Morgan fingerprint density at radius 1 is 1.56 bits per heavy atom. The van der Waals surface area contributed by atoms with E-state index in [0.717, 1.165) is 0 Å². The molecule has 1 amide bonds. The Labute approximate surface area is 93.4 Å². The minimum absolute atomic E-state index is 0.310. The molecule has 0 spiro atoms. The van der Waals surface area contributed by atoms with Crippen molar-refractivity contribution in [1.29, 1.82) is 0 Å². The maximum Gasteiger partial charge on any atom is 0.329 e. The zero-order valence-electron chi connectivity index (χ0n) is 9.53. The van der Waals surface area contributed by atoms with Gasteiger partial charge in [0.05, 0.1) is 11.8 Å². The van der Waals surface area contributed by atoms with E-state index in [1.807, 2.05) is 0 Å². The van der Waals surface area contributed by atoms with Crippen molar-refractivity contribution in [3.63, 3.8) is 0 Å². The first-order chi connectivity index (χ1) is 7.40. The highest BCUT2D eigenvalue weighted by Crippen LogP contribution is 2.13. The molecule has 0 radical (unpaired) electrons. The van der Waals surface area contributed by atoms with Gasteiger partial charge in [-0.15, -0.1) is 0 Å². The molecule has 0 aliphatic carbocycles. The number of aryl methyl sites for hydroxylation is 1. The summed E-state index contributed by atoms with van der Waals surface area (Å²) in [5.74, 6) is -1.01. The van der Waals surface area contributed by atoms with Gasteiger partial charge in [0.1, 0.15) is 11.3 Å². The quantitative estimate of drug-likeness (QED) is 0.815. The molecular formula is C11H15NO4. The van der Waals surface area contributed by atoms with Crippen LogP contribution in [0.2, 0.25) is 0 Å². The summed E-state index contributed by atoms with van der Waals surface area (Å²) in [6.45, 7) is 4.83. The van der Waals surface area contributed by atoms with Crippen LogP contribution >= 0.6 is 0 Å². The molecule has 0 aliphatic rings. The lowest BCUT2D eigenvalue weighted by Crippen LogP contribution is -2.51. The zero-order chi connectivity index (χ0) is 12.3. The maximum absolute atomic E-state index is 11.8. The lowest BCUT2D eigenvalue weighted by atomic mass is 9.98. The predicted octanol–water partition coefficient (Wildman–Crippen LogP) is 1.57. The number of hydrogen-bond acceptors (Lipinski definition) is 3. The molecule has 0 aliphatic heterocycles. The van der Waals surface area contributed by atoms with E-state index in [-0.39, 0.29) is 0 Å². The van der Waals surface area contributed by atoms with E-state index in [2.05, 4.69) is 5.32 Å². The SMILES string of the molecule is CCC(C)(NC(=O)c1ccoc1C)C(=O)O. The number of carboxylic acid groups (broad SMARTS) is 1. The van der Waals surface area contributed by atoms with E-state index in [1.165, 1.54) is 19.3 Å². The molecule has 5 nitrogen and oxygen atoms in total.